The van der Waals surface area contributed by atoms with Crippen molar-refractivity contribution >= 4 is 0 Å². The average molecular weight is 591 g/mol. The van der Waals surface area contributed by atoms with Crippen LogP contribution in [-0.4, -0.2) is 63.8 Å². The van der Waals surface area contributed by atoms with Crippen molar-refractivity contribution in [2.24, 2.45) is 52.3 Å². The minimum Gasteiger partial charge on any atom is -0.394 e. The Morgan fingerprint density at radius 1 is 0.952 bits per heavy atom. The molecule has 5 rings (SSSR count). The van der Waals surface area contributed by atoms with Crippen LogP contribution in [-0.2, 0) is 9.47 Å². The predicted molar refractivity (Wildman–Crippen MR) is 165 cm³/mol. The molecule has 5 aliphatic rings. The number of aliphatic hydroxyl groups is 4. The highest BCUT2D eigenvalue weighted by atomic mass is 16.7. The Kier molecular flexibility index (Phi) is 10.2. The lowest BCUT2D eigenvalue weighted by molar-refractivity contribution is -0.313. The van der Waals surface area contributed by atoms with E-state index >= 15 is 0 Å². The molecule has 0 spiro atoms. The van der Waals surface area contributed by atoms with E-state index in [0.29, 0.717) is 5.41 Å². The summed E-state index contributed by atoms with van der Waals surface area (Å²) in [6, 6.07) is 0. The standard InChI is InChI=1S/C36H62O6/c1-7-23(21(2)3)12-11-22(4)27-9-8-10-28-26-14-13-24-19-25(15-17-35(24,5)29(26)16-18-36(27,28)6)41-34-33(40)32(39)31(38)30(20-37)42-34/h13,21-23,25-34,37-40H,7-12,14-20H2,1-6H3/t22-,23-,25+,26+,27-,28+,29+,30-,31+,32+,33-,34-,35+,36-/m1/s1. The van der Waals surface area contributed by atoms with E-state index in [2.05, 4.69) is 47.6 Å². The second kappa shape index (κ2) is 13.1. The molecule has 0 aromatic heterocycles. The third kappa shape index (κ3) is 5.91. The van der Waals surface area contributed by atoms with Crippen molar-refractivity contribution in [3.8, 4) is 0 Å². The van der Waals surface area contributed by atoms with Crippen LogP contribution >= 0.6 is 0 Å². The van der Waals surface area contributed by atoms with E-state index in [-0.39, 0.29) is 11.5 Å². The second-order valence-corrected chi connectivity index (χ2v) is 16.0. The summed E-state index contributed by atoms with van der Waals surface area (Å²) in [6.07, 6.45) is 11.3. The number of allylic oxidation sites excluding steroid dienone is 1. The summed E-state index contributed by atoms with van der Waals surface area (Å²) < 4.78 is 11.9. The Balaban J connectivity index is 1.26. The molecule has 4 N–H and O–H groups in total. The molecule has 0 aromatic rings. The molecule has 6 heteroatoms. The summed E-state index contributed by atoms with van der Waals surface area (Å²) in [4.78, 5) is 0. The maximum absolute atomic E-state index is 10.5. The van der Waals surface area contributed by atoms with Gasteiger partial charge in [0.25, 0.3) is 0 Å². The lowest BCUT2D eigenvalue weighted by Gasteiger charge is -2.62. The largest absolute Gasteiger partial charge is 0.394 e. The van der Waals surface area contributed by atoms with Crippen molar-refractivity contribution in [3.63, 3.8) is 0 Å². The lowest BCUT2D eigenvalue weighted by atomic mass is 9.42. The zero-order valence-electron chi connectivity index (χ0n) is 27.4. The molecule has 4 fully saturated rings. The fourth-order valence-electron chi connectivity index (χ4n) is 11.0. The molecule has 0 radical (unpaired) electrons. The van der Waals surface area contributed by atoms with Gasteiger partial charge in [0, 0.05) is 0 Å². The second-order valence-electron chi connectivity index (χ2n) is 16.0. The maximum Gasteiger partial charge on any atom is 0.186 e. The van der Waals surface area contributed by atoms with Gasteiger partial charge in [-0.25, -0.2) is 0 Å². The number of hydrogen-bond donors (Lipinski definition) is 4. The molecule has 242 valence electrons. The Bertz CT molecular complexity index is 934. The number of ether oxygens (including phenoxy) is 2. The van der Waals surface area contributed by atoms with E-state index in [9.17, 15) is 20.4 Å². The minimum absolute atomic E-state index is 0.103. The summed E-state index contributed by atoms with van der Waals surface area (Å²) >= 11 is 0. The van der Waals surface area contributed by atoms with Gasteiger partial charge < -0.3 is 29.9 Å². The first-order valence-corrected chi connectivity index (χ1v) is 17.6. The van der Waals surface area contributed by atoms with Gasteiger partial charge in [0.1, 0.15) is 24.4 Å². The van der Waals surface area contributed by atoms with Gasteiger partial charge in [-0.3, -0.25) is 0 Å². The normalized spacial score (nSPS) is 47.2. The van der Waals surface area contributed by atoms with Crippen LogP contribution in [0.25, 0.3) is 0 Å². The van der Waals surface area contributed by atoms with Gasteiger partial charge in [-0.15, -0.1) is 0 Å². The molecule has 1 aliphatic heterocycles. The van der Waals surface area contributed by atoms with Crippen LogP contribution < -0.4 is 0 Å². The number of rotatable bonds is 9. The molecule has 0 bridgehead atoms. The molecule has 14 atom stereocenters. The van der Waals surface area contributed by atoms with Gasteiger partial charge in [-0.1, -0.05) is 72.5 Å². The third-order valence-electron chi connectivity index (χ3n) is 13.7. The predicted octanol–water partition coefficient (Wildman–Crippen LogP) is 6.24. The SMILES string of the molecule is CC[C@H](CC[C@@H](C)[C@H]1CCC[C@H]2[C@@H]3CC=C4C[C@@H](O[C@@H]5O[C@H](CO)[C@H](O)[C@H](O)[C@H]5O)CC[C@]4(C)[C@H]3CC[C@]12C)C(C)C. The molecule has 1 heterocycles. The lowest BCUT2D eigenvalue weighted by Crippen LogP contribution is -2.60. The van der Waals surface area contributed by atoms with Crippen molar-refractivity contribution in [2.75, 3.05) is 6.61 Å². The quantitative estimate of drug-likeness (QED) is 0.237. The van der Waals surface area contributed by atoms with Crippen LogP contribution in [0.3, 0.4) is 0 Å². The Morgan fingerprint density at radius 3 is 2.40 bits per heavy atom. The van der Waals surface area contributed by atoms with Crippen molar-refractivity contribution < 1.29 is 29.9 Å². The zero-order valence-corrected chi connectivity index (χ0v) is 27.4. The fourth-order valence-corrected chi connectivity index (χ4v) is 11.0. The van der Waals surface area contributed by atoms with Crippen LogP contribution in [0.1, 0.15) is 119 Å². The molecular formula is C36H62O6. The average Bonchev–Trinajstić information content (AvgIpc) is 2.96. The first kappa shape index (κ1) is 32.9. The monoisotopic (exact) mass is 590 g/mol. The molecule has 1 saturated heterocycles. The molecule has 3 saturated carbocycles. The zero-order chi connectivity index (χ0) is 30.4. The van der Waals surface area contributed by atoms with Gasteiger partial charge in [0.2, 0.25) is 0 Å². The van der Waals surface area contributed by atoms with Crippen molar-refractivity contribution in [2.45, 2.75) is 155 Å². The molecule has 0 unspecified atom stereocenters. The van der Waals surface area contributed by atoms with Crippen molar-refractivity contribution in [3.05, 3.63) is 11.6 Å². The highest BCUT2D eigenvalue weighted by Gasteiger charge is 2.58. The van der Waals surface area contributed by atoms with E-state index in [1.54, 1.807) is 0 Å². The first-order valence-electron chi connectivity index (χ1n) is 17.6. The summed E-state index contributed by atoms with van der Waals surface area (Å²) in [7, 11) is 0. The molecular weight excluding hydrogens is 528 g/mol. The van der Waals surface area contributed by atoms with Crippen LogP contribution in [0.4, 0.5) is 0 Å². The third-order valence-corrected chi connectivity index (χ3v) is 13.7. The smallest absolute Gasteiger partial charge is 0.186 e. The van der Waals surface area contributed by atoms with E-state index in [4.69, 9.17) is 9.47 Å². The summed E-state index contributed by atoms with van der Waals surface area (Å²) in [5.74, 6) is 5.62. The Labute approximate surface area is 255 Å². The number of hydrogen-bond acceptors (Lipinski definition) is 6. The Morgan fingerprint density at radius 2 is 1.71 bits per heavy atom. The summed E-state index contributed by atoms with van der Waals surface area (Å²) in [5, 5.41) is 40.5. The number of aliphatic hydroxyl groups excluding tert-OH is 4. The molecule has 4 aliphatic carbocycles. The van der Waals surface area contributed by atoms with Gasteiger partial charge in [0.15, 0.2) is 6.29 Å². The topological polar surface area (TPSA) is 99.4 Å². The number of fused-ring (bicyclic) bond motifs is 5. The molecule has 6 nitrogen and oxygen atoms in total. The molecule has 42 heavy (non-hydrogen) atoms. The highest BCUT2D eigenvalue weighted by Crippen LogP contribution is 2.66. The summed E-state index contributed by atoms with van der Waals surface area (Å²) in [6.45, 7) is 14.5. The van der Waals surface area contributed by atoms with Gasteiger partial charge >= 0.3 is 0 Å². The first-order chi connectivity index (χ1) is 19.9. The molecule has 0 aromatic carbocycles. The van der Waals surface area contributed by atoms with Crippen LogP contribution in [0.2, 0.25) is 0 Å². The fraction of sp³-hybridized carbons (Fsp3) is 0.944. The van der Waals surface area contributed by atoms with Crippen molar-refractivity contribution in [1.29, 1.82) is 0 Å². The van der Waals surface area contributed by atoms with Gasteiger partial charge in [-0.05, 0) is 110 Å². The van der Waals surface area contributed by atoms with Crippen molar-refractivity contribution in [1.82, 2.24) is 0 Å². The van der Waals surface area contributed by atoms with E-state index in [1.807, 2.05) is 0 Å². The van der Waals surface area contributed by atoms with E-state index < -0.39 is 37.3 Å². The highest BCUT2D eigenvalue weighted by molar-refractivity contribution is 5.25. The maximum atomic E-state index is 10.5. The molecule has 0 amide bonds. The van der Waals surface area contributed by atoms with E-state index in [0.717, 1.165) is 60.7 Å². The Hall–Kier alpha value is -0.500. The van der Waals surface area contributed by atoms with Crippen LogP contribution in [0.15, 0.2) is 11.6 Å². The minimum atomic E-state index is -1.40. The van der Waals surface area contributed by atoms with Gasteiger partial charge in [0.05, 0.1) is 12.7 Å². The van der Waals surface area contributed by atoms with Gasteiger partial charge in [-0.2, -0.15) is 0 Å². The summed E-state index contributed by atoms with van der Waals surface area (Å²) in [5.41, 5.74) is 2.17. The van der Waals surface area contributed by atoms with Crippen LogP contribution in [0.5, 0.6) is 0 Å². The van der Waals surface area contributed by atoms with Crippen LogP contribution in [0, 0.1) is 52.3 Å². The van der Waals surface area contributed by atoms with E-state index in [1.165, 1.54) is 63.4 Å².